The lowest BCUT2D eigenvalue weighted by atomic mass is 9.93. The predicted molar refractivity (Wildman–Crippen MR) is 64.8 cm³/mol. The van der Waals surface area contributed by atoms with Crippen molar-refractivity contribution in [3.8, 4) is 0 Å². The van der Waals surface area contributed by atoms with Crippen molar-refractivity contribution in [2.24, 2.45) is 0 Å². The Kier molecular flexibility index (Phi) is 6.15. The van der Waals surface area contributed by atoms with E-state index in [4.69, 9.17) is 4.74 Å². The monoisotopic (exact) mass is 242 g/mol. The normalized spacial score (nSPS) is 20.6. The highest BCUT2D eigenvalue weighted by Crippen LogP contribution is 2.18. The standard InChI is InChI=1S/C12H22N2O3/c1-14(9-12(16)13-7-8-17-2)10-5-3-4-6-11(10)15/h10H,3-9H2,1-2H3,(H,13,16). The first-order chi connectivity index (χ1) is 8.15. The molecular formula is C12H22N2O3. The van der Waals surface area contributed by atoms with E-state index in [0.717, 1.165) is 19.3 Å². The zero-order valence-corrected chi connectivity index (χ0v) is 10.7. The quantitative estimate of drug-likeness (QED) is 0.676. The molecule has 0 radical (unpaired) electrons. The number of nitrogens with zero attached hydrogens (tertiary/aromatic N) is 1. The van der Waals surface area contributed by atoms with E-state index in [9.17, 15) is 9.59 Å². The summed E-state index contributed by atoms with van der Waals surface area (Å²) in [5.74, 6) is 0.214. The number of carbonyl (C=O) groups is 2. The number of likely N-dealkylation sites (N-methyl/N-ethyl adjacent to an activating group) is 1. The Morgan fingerprint density at radius 1 is 1.53 bits per heavy atom. The highest BCUT2D eigenvalue weighted by atomic mass is 16.5. The van der Waals surface area contributed by atoms with E-state index in [1.54, 1.807) is 7.11 Å². The molecule has 1 rings (SSSR count). The fraction of sp³-hybridized carbons (Fsp3) is 0.833. The van der Waals surface area contributed by atoms with E-state index >= 15 is 0 Å². The van der Waals surface area contributed by atoms with Crippen molar-refractivity contribution < 1.29 is 14.3 Å². The molecule has 0 aromatic carbocycles. The van der Waals surface area contributed by atoms with Crippen LogP contribution in [-0.2, 0) is 14.3 Å². The lowest BCUT2D eigenvalue weighted by molar-refractivity contribution is -0.128. The van der Waals surface area contributed by atoms with E-state index in [2.05, 4.69) is 5.32 Å². The summed E-state index contributed by atoms with van der Waals surface area (Å²) >= 11 is 0. The molecule has 17 heavy (non-hydrogen) atoms. The van der Waals surface area contributed by atoms with Crippen LogP contribution in [0.15, 0.2) is 0 Å². The van der Waals surface area contributed by atoms with Gasteiger partial charge in [0.1, 0.15) is 5.78 Å². The minimum atomic E-state index is -0.0723. The van der Waals surface area contributed by atoms with Crippen LogP contribution in [0, 0.1) is 0 Å². The van der Waals surface area contributed by atoms with E-state index in [0.29, 0.717) is 19.6 Å². The number of nitrogens with one attached hydrogen (secondary N) is 1. The molecule has 1 aliphatic rings. The molecule has 1 unspecified atom stereocenters. The lowest BCUT2D eigenvalue weighted by Gasteiger charge is -2.29. The second kappa shape index (κ2) is 7.40. The molecule has 0 saturated heterocycles. The molecule has 1 fully saturated rings. The van der Waals surface area contributed by atoms with Crippen LogP contribution in [0.5, 0.6) is 0 Å². The Hall–Kier alpha value is -0.940. The van der Waals surface area contributed by atoms with Gasteiger partial charge >= 0.3 is 0 Å². The van der Waals surface area contributed by atoms with E-state index in [1.165, 1.54) is 0 Å². The number of rotatable bonds is 6. The number of methoxy groups -OCH3 is 1. The van der Waals surface area contributed by atoms with Crippen molar-refractivity contribution in [2.45, 2.75) is 31.7 Å². The fourth-order valence-corrected chi connectivity index (χ4v) is 2.12. The molecule has 1 saturated carbocycles. The number of ketones is 1. The van der Waals surface area contributed by atoms with Gasteiger partial charge in [-0.05, 0) is 19.9 Å². The molecule has 0 spiro atoms. The summed E-state index contributed by atoms with van der Waals surface area (Å²) in [5.41, 5.74) is 0. The molecule has 0 aromatic heterocycles. The third kappa shape index (κ3) is 4.83. The van der Waals surface area contributed by atoms with Crippen LogP contribution in [0.4, 0.5) is 0 Å². The SMILES string of the molecule is COCCNC(=O)CN(C)C1CCCCC1=O. The summed E-state index contributed by atoms with van der Waals surface area (Å²) in [4.78, 5) is 25.1. The van der Waals surface area contributed by atoms with Crippen molar-refractivity contribution in [3.05, 3.63) is 0 Å². The van der Waals surface area contributed by atoms with Gasteiger partial charge in [-0.3, -0.25) is 14.5 Å². The summed E-state index contributed by atoms with van der Waals surface area (Å²) in [6, 6.07) is -0.0723. The molecule has 0 aromatic rings. The molecule has 1 amide bonds. The second-order valence-electron chi connectivity index (χ2n) is 4.49. The molecule has 0 heterocycles. The van der Waals surface area contributed by atoms with Gasteiger partial charge in [0.15, 0.2) is 0 Å². The average molecular weight is 242 g/mol. The predicted octanol–water partition coefficient (Wildman–Crippen LogP) is 0.193. The maximum Gasteiger partial charge on any atom is 0.234 e. The maximum atomic E-state index is 11.7. The number of Topliss-reactive ketones (excluding diaryl/α,β-unsaturated/α-hetero) is 1. The van der Waals surface area contributed by atoms with Gasteiger partial charge in [-0.2, -0.15) is 0 Å². The third-order valence-corrected chi connectivity index (χ3v) is 3.08. The third-order valence-electron chi connectivity index (χ3n) is 3.08. The van der Waals surface area contributed by atoms with Crippen molar-refractivity contribution >= 4 is 11.7 Å². The van der Waals surface area contributed by atoms with Crippen molar-refractivity contribution in [1.29, 1.82) is 0 Å². The Morgan fingerprint density at radius 3 is 2.94 bits per heavy atom. The van der Waals surface area contributed by atoms with Gasteiger partial charge in [-0.25, -0.2) is 0 Å². The number of amides is 1. The molecule has 98 valence electrons. The van der Waals surface area contributed by atoms with Crippen molar-refractivity contribution in [2.75, 3.05) is 33.9 Å². The molecule has 5 nitrogen and oxygen atoms in total. The van der Waals surface area contributed by atoms with E-state index in [-0.39, 0.29) is 24.3 Å². The molecule has 0 bridgehead atoms. The number of hydrogen-bond donors (Lipinski definition) is 1. The first-order valence-corrected chi connectivity index (χ1v) is 6.13. The van der Waals surface area contributed by atoms with Crippen LogP contribution in [0.1, 0.15) is 25.7 Å². The lowest BCUT2D eigenvalue weighted by Crippen LogP contribution is -2.45. The molecular weight excluding hydrogens is 220 g/mol. The zero-order valence-electron chi connectivity index (χ0n) is 10.7. The molecule has 5 heteroatoms. The first-order valence-electron chi connectivity index (χ1n) is 6.13. The van der Waals surface area contributed by atoms with Gasteiger partial charge in [0.05, 0.1) is 19.2 Å². The highest BCUT2D eigenvalue weighted by molar-refractivity contribution is 5.85. The van der Waals surface area contributed by atoms with Crippen LogP contribution in [0.2, 0.25) is 0 Å². The summed E-state index contributed by atoms with van der Waals surface area (Å²) in [6.07, 6.45) is 3.59. The second-order valence-corrected chi connectivity index (χ2v) is 4.49. The van der Waals surface area contributed by atoms with Gasteiger partial charge in [-0.1, -0.05) is 6.42 Å². The van der Waals surface area contributed by atoms with Crippen LogP contribution in [0.3, 0.4) is 0 Å². The van der Waals surface area contributed by atoms with Crippen molar-refractivity contribution in [3.63, 3.8) is 0 Å². The van der Waals surface area contributed by atoms with E-state index in [1.807, 2.05) is 11.9 Å². The van der Waals surface area contributed by atoms with Gasteiger partial charge < -0.3 is 10.1 Å². The minimum absolute atomic E-state index is 0.0528. The zero-order chi connectivity index (χ0) is 12.7. The molecule has 1 atom stereocenters. The fourth-order valence-electron chi connectivity index (χ4n) is 2.12. The smallest absolute Gasteiger partial charge is 0.234 e. The first kappa shape index (κ1) is 14.1. The Balaban J connectivity index is 2.29. The van der Waals surface area contributed by atoms with Gasteiger partial charge in [0.25, 0.3) is 0 Å². The number of ether oxygens (including phenoxy) is 1. The average Bonchev–Trinajstić information content (AvgIpc) is 2.29. The van der Waals surface area contributed by atoms with Gasteiger partial charge in [0, 0.05) is 20.1 Å². The summed E-state index contributed by atoms with van der Waals surface area (Å²) in [7, 11) is 3.43. The van der Waals surface area contributed by atoms with Crippen LogP contribution in [-0.4, -0.2) is 56.5 Å². The van der Waals surface area contributed by atoms with Crippen LogP contribution < -0.4 is 5.32 Å². The molecule has 0 aliphatic heterocycles. The Bertz CT molecular complexity index is 268. The highest BCUT2D eigenvalue weighted by Gasteiger charge is 2.26. The summed E-state index contributed by atoms with van der Waals surface area (Å²) in [6.45, 7) is 1.31. The number of carbonyl (C=O) groups excluding carboxylic acids is 2. The summed E-state index contributed by atoms with van der Waals surface area (Å²) < 4.78 is 4.85. The van der Waals surface area contributed by atoms with Crippen LogP contribution >= 0.6 is 0 Å². The van der Waals surface area contributed by atoms with Gasteiger partial charge in [-0.15, -0.1) is 0 Å². The summed E-state index contributed by atoms with van der Waals surface area (Å²) in [5, 5.41) is 2.75. The van der Waals surface area contributed by atoms with Crippen molar-refractivity contribution in [1.82, 2.24) is 10.2 Å². The van der Waals surface area contributed by atoms with Gasteiger partial charge in [0.2, 0.25) is 5.91 Å². The topological polar surface area (TPSA) is 58.6 Å². The molecule has 1 N–H and O–H groups in total. The Morgan fingerprint density at radius 2 is 2.29 bits per heavy atom. The largest absolute Gasteiger partial charge is 0.383 e. The van der Waals surface area contributed by atoms with Crippen LogP contribution in [0.25, 0.3) is 0 Å². The number of hydrogen-bond acceptors (Lipinski definition) is 4. The molecule has 1 aliphatic carbocycles. The Labute approximate surface area is 102 Å². The van der Waals surface area contributed by atoms with E-state index < -0.39 is 0 Å². The maximum absolute atomic E-state index is 11.7. The minimum Gasteiger partial charge on any atom is -0.383 e.